The quantitative estimate of drug-likeness (QED) is 0.694. The van der Waals surface area contributed by atoms with E-state index in [1.54, 1.807) is 18.2 Å². The maximum atomic E-state index is 11.5. The molecule has 3 N–H and O–H groups in total. The van der Waals surface area contributed by atoms with Gasteiger partial charge in [-0.15, -0.1) is 0 Å². The first kappa shape index (κ1) is 10.3. The Balaban J connectivity index is 2.64. The van der Waals surface area contributed by atoms with Gasteiger partial charge in [-0.2, -0.15) is 0 Å². The number of carbonyl (C=O) groups is 1. The summed E-state index contributed by atoms with van der Waals surface area (Å²) in [4.78, 5) is 22.7. The number of nitrogens with one attached hydrogen (secondary N) is 1. The van der Waals surface area contributed by atoms with E-state index in [1.807, 2.05) is 0 Å². The first-order chi connectivity index (χ1) is 7.63. The van der Waals surface area contributed by atoms with Gasteiger partial charge in [0.1, 0.15) is 12.1 Å². The lowest BCUT2D eigenvalue weighted by Gasteiger charge is -2.02. The maximum absolute atomic E-state index is 11.5. The minimum atomic E-state index is -0.587. The second-order valence-electron chi connectivity index (χ2n) is 3.32. The molecule has 0 unspecified atom stereocenters. The lowest BCUT2D eigenvalue weighted by atomic mass is 10.3. The van der Waals surface area contributed by atoms with Gasteiger partial charge in [0.05, 0.1) is 5.69 Å². The summed E-state index contributed by atoms with van der Waals surface area (Å²) in [6, 6.07) is 4.97. The topological polar surface area (TPSA) is 90.3 Å². The van der Waals surface area contributed by atoms with Crippen LogP contribution < -0.4 is 16.8 Å². The van der Waals surface area contributed by atoms with Gasteiger partial charge in [-0.05, 0) is 12.1 Å². The van der Waals surface area contributed by atoms with Crippen LogP contribution in [0.15, 0.2) is 27.4 Å². The van der Waals surface area contributed by atoms with Crippen LogP contribution in [0.1, 0.15) is 0 Å². The SMILES string of the molecule is CNC(=O)Cn1c(=O)oc2cccc(N)c21. The molecule has 2 rings (SSSR count). The molecule has 0 saturated heterocycles. The number of amides is 1. The van der Waals surface area contributed by atoms with E-state index >= 15 is 0 Å². The summed E-state index contributed by atoms with van der Waals surface area (Å²) in [5, 5.41) is 2.43. The molecule has 0 spiro atoms. The number of likely N-dealkylation sites (N-methyl/N-ethyl adjacent to an activating group) is 1. The molecule has 6 heteroatoms. The Morgan fingerprint density at radius 2 is 2.31 bits per heavy atom. The van der Waals surface area contributed by atoms with Gasteiger partial charge in [-0.1, -0.05) is 6.07 Å². The van der Waals surface area contributed by atoms with E-state index in [2.05, 4.69) is 5.32 Å². The van der Waals surface area contributed by atoms with Crippen LogP contribution >= 0.6 is 0 Å². The Hall–Kier alpha value is -2.24. The highest BCUT2D eigenvalue weighted by Crippen LogP contribution is 2.19. The Kier molecular flexibility index (Phi) is 2.40. The molecule has 0 aliphatic rings. The van der Waals surface area contributed by atoms with Crippen molar-refractivity contribution in [3.05, 3.63) is 28.7 Å². The largest absolute Gasteiger partial charge is 0.420 e. The van der Waals surface area contributed by atoms with Gasteiger partial charge in [0, 0.05) is 7.05 Å². The second kappa shape index (κ2) is 3.73. The number of para-hydroxylation sites is 1. The number of nitrogens with zero attached hydrogens (tertiary/aromatic N) is 1. The van der Waals surface area contributed by atoms with Gasteiger partial charge < -0.3 is 15.5 Å². The van der Waals surface area contributed by atoms with Crippen LogP contribution in [0, 0.1) is 0 Å². The predicted molar refractivity (Wildman–Crippen MR) is 59.0 cm³/mol. The van der Waals surface area contributed by atoms with Crippen LogP contribution in [0.5, 0.6) is 0 Å². The number of oxazole rings is 1. The Labute approximate surface area is 90.6 Å². The van der Waals surface area contributed by atoms with Gasteiger partial charge in [-0.3, -0.25) is 9.36 Å². The van der Waals surface area contributed by atoms with Crippen molar-refractivity contribution in [2.24, 2.45) is 0 Å². The summed E-state index contributed by atoms with van der Waals surface area (Å²) in [6.45, 7) is -0.101. The highest BCUT2D eigenvalue weighted by atomic mass is 16.4. The van der Waals surface area contributed by atoms with Crippen molar-refractivity contribution in [2.45, 2.75) is 6.54 Å². The fourth-order valence-electron chi connectivity index (χ4n) is 1.52. The number of rotatable bonds is 2. The van der Waals surface area contributed by atoms with Crippen LogP contribution in [0.2, 0.25) is 0 Å². The standard InChI is InChI=1S/C10H11N3O3/c1-12-8(14)5-13-9-6(11)3-2-4-7(9)16-10(13)15/h2-4H,5,11H2,1H3,(H,12,14). The number of fused-ring (bicyclic) bond motifs is 1. The number of anilines is 1. The average Bonchev–Trinajstić information content (AvgIpc) is 2.56. The number of carbonyl (C=O) groups excluding carboxylic acids is 1. The molecule has 0 fully saturated rings. The summed E-state index contributed by atoms with van der Waals surface area (Å²) in [6.07, 6.45) is 0. The van der Waals surface area contributed by atoms with E-state index in [4.69, 9.17) is 10.2 Å². The number of nitrogen functional groups attached to an aromatic ring is 1. The maximum Gasteiger partial charge on any atom is 0.420 e. The van der Waals surface area contributed by atoms with Crippen LogP contribution in [0.3, 0.4) is 0 Å². The van der Waals surface area contributed by atoms with Crippen LogP contribution in [-0.2, 0) is 11.3 Å². The monoisotopic (exact) mass is 221 g/mol. The van der Waals surface area contributed by atoms with Crippen molar-refractivity contribution in [1.29, 1.82) is 0 Å². The molecule has 0 radical (unpaired) electrons. The molecule has 6 nitrogen and oxygen atoms in total. The minimum Gasteiger partial charge on any atom is -0.408 e. The Bertz CT molecular complexity index is 597. The van der Waals surface area contributed by atoms with Crippen molar-refractivity contribution < 1.29 is 9.21 Å². The third-order valence-electron chi connectivity index (χ3n) is 2.30. The summed E-state index contributed by atoms with van der Waals surface area (Å²) in [5.74, 6) is -0.871. The van der Waals surface area contributed by atoms with E-state index in [0.717, 1.165) is 0 Å². The molecule has 2 aromatic rings. The molecule has 1 aromatic carbocycles. The van der Waals surface area contributed by atoms with Crippen molar-refractivity contribution in [3.63, 3.8) is 0 Å². The lowest BCUT2D eigenvalue weighted by Crippen LogP contribution is -2.28. The molecule has 0 bridgehead atoms. The molecule has 1 amide bonds. The predicted octanol–water partition coefficient (Wildman–Crippen LogP) is -0.0773. The average molecular weight is 221 g/mol. The molecular weight excluding hydrogens is 210 g/mol. The Morgan fingerprint density at radius 3 is 3.00 bits per heavy atom. The zero-order valence-corrected chi connectivity index (χ0v) is 8.69. The van der Waals surface area contributed by atoms with E-state index in [9.17, 15) is 9.59 Å². The normalized spacial score (nSPS) is 10.6. The van der Waals surface area contributed by atoms with E-state index < -0.39 is 5.76 Å². The van der Waals surface area contributed by atoms with Crippen molar-refractivity contribution in [2.75, 3.05) is 12.8 Å². The zero-order valence-electron chi connectivity index (χ0n) is 8.69. The van der Waals surface area contributed by atoms with Gasteiger partial charge in [0.2, 0.25) is 5.91 Å². The molecule has 1 aromatic heterocycles. The number of hydrogen-bond donors (Lipinski definition) is 2. The Morgan fingerprint density at radius 1 is 1.56 bits per heavy atom. The molecule has 0 saturated carbocycles. The summed E-state index contributed by atoms with van der Waals surface area (Å²) < 4.78 is 6.18. The summed E-state index contributed by atoms with van der Waals surface area (Å²) in [7, 11) is 1.50. The van der Waals surface area contributed by atoms with Gasteiger partial charge in [-0.25, -0.2) is 4.79 Å². The number of nitrogens with two attached hydrogens (primary N) is 1. The fraction of sp³-hybridized carbons (Fsp3) is 0.200. The van der Waals surface area contributed by atoms with Crippen LogP contribution in [0.25, 0.3) is 11.1 Å². The molecule has 0 aliphatic heterocycles. The van der Waals surface area contributed by atoms with Gasteiger partial charge >= 0.3 is 5.76 Å². The molecule has 0 atom stereocenters. The molecule has 0 aliphatic carbocycles. The number of hydrogen-bond acceptors (Lipinski definition) is 4. The van der Waals surface area contributed by atoms with Gasteiger partial charge in [0.15, 0.2) is 5.58 Å². The fourth-order valence-corrected chi connectivity index (χ4v) is 1.52. The smallest absolute Gasteiger partial charge is 0.408 e. The lowest BCUT2D eigenvalue weighted by molar-refractivity contribution is -0.121. The highest BCUT2D eigenvalue weighted by molar-refractivity contribution is 5.87. The third-order valence-corrected chi connectivity index (χ3v) is 2.30. The minimum absolute atomic E-state index is 0.101. The van der Waals surface area contributed by atoms with Gasteiger partial charge in [0.25, 0.3) is 0 Å². The van der Waals surface area contributed by atoms with Crippen LogP contribution in [0.4, 0.5) is 5.69 Å². The number of aromatic nitrogens is 1. The molecular formula is C10H11N3O3. The molecule has 16 heavy (non-hydrogen) atoms. The van der Waals surface area contributed by atoms with Crippen molar-refractivity contribution in [1.82, 2.24) is 9.88 Å². The number of benzene rings is 1. The zero-order chi connectivity index (χ0) is 11.7. The van der Waals surface area contributed by atoms with E-state index in [0.29, 0.717) is 16.8 Å². The van der Waals surface area contributed by atoms with E-state index in [-0.39, 0.29) is 12.5 Å². The highest BCUT2D eigenvalue weighted by Gasteiger charge is 2.13. The van der Waals surface area contributed by atoms with E-state index in [1.165, 1.54) is 11.6 Å². The molecule has 84 valence electrons. The first-order valence-corrected chi connectivity index (χ1v) is 4.72. The van der Waals surface area contributed by atoms with Crippen molar-refractivity contribution >= 4 is 22.7 Å². The third kappa shape index (κ3) is 1.54. The summed E-state index contributed by atoms with van der Waals surface area (Å²) >= 11 is 0. The van der Waals surface area contributed by atoms with Crippen molar-refractivity contribution in [3.8, 4) is 0 Å². The second-order valence-corrected chi connectivity index (χ2v) is 3.32. The van der Waals surface area contributed by atoms with Crippen LogP contribution in [-0.4, -0.2) is 17.5 Å². The summed E-state index contributed by atoms with van der Waals surface area (Å²) in [5.41, 5.74) is 6.98. The first-order valence-electron chi connectivity index (χ1n) is 4.72. The molecule has 1 heterocycles.